The predicted molar refractivity (Wildman–Crippen MR) is 90.2 cm³/mol. The molecule has 5 nitrogen and oxygen atoms in total. The van der Waals surface area contributed by atoms with Gasteiger partial charge in [-0.05, 0) is 30.2 Å². The van der Waals surface area contributed by atoms with Gasteiger partial charge in [-0.3, -0.25) is 0 Å². The number of sulfone groups is 1. The molecule has 23 heavy (non-hydrogen) atoms. The second-order valence-corrected chi connectivity index (χ2v) is 9.20. The molecule has 2 aromatic rings. The molecule has 1 unspecified atom stereocenters. The standard InChI is InChI=1S/C16H19NO4S2/c1-13(15-8-10-16(11-9-15)22(2,18)19)17-23(20,21)12-14-6-4-3-5-7-14/h3-11,13,17H,12H2,1-2H3. The van der Waals surface area contributed by atoms with Gasteiger partial charge in [0.2, 0.25) is 10.0 Å². The lowest BCUT2D eigenvalue weighted by Crippen LogP contribution is -2.28. The molecule has 0 aromatic heterocycles. The van der Waals surface area contributed by atoms with E-state index >= 15 is 0 Å². The first-order chi connectivity index (χ1) is 10.7. The van der Waals surface area contributed by atoms with Crippen LogP contribution in [0.15, 0.2) is 59.5 Å². The predicted octanol–water partition coefficient (Wildman–Crippen LogP) is 2.27. The second-order valence-electron chi connectivity index (χ2n) is 5.43. The minimum absolute atomic E-state index is 0.0976. The van der Waals surface area contributed by atoms with Gasteiger partial charge < -0.3 is 0 Å². The number of rotatable bonds is 6. The molecule has 1 N–H and O–H groups in total. The molecule has 124 valence electrons. The third-order valence-electron chi connectivity index (χ3n) is 3.36. The van der Waals surface area contributed by atoms with E-state index in [9.17, 15) is 16.8 Å². The zero-order chi connectivity index (χ0) is 17.1. The van der Waals surface area contributed by atoms with Gasteiger partial charge in [0.1, 0.15) is 0 Å². The first kappa shape index (κ1) is 17.7. The van der Waals surface area contributed by atoms with Crippen molar-refractivity contribution in [2.24, 2.45) is 0 Å². The van der Waals surface area contributed by atoms with E-state index < -0.39 is 25.9 Å². The molecule has 1 atom stereocenters. The van der Waals surface area contributed by atoms with E-state index in [0.29, 0.717) is 11.1 Å². The van der Waals surface area contributed by atoms with Gasteiger partial charge in [-0.1, -0.05) is 42.5 Å². The lowest BCUT2D eigenvalue weighted by molar-refractivity contribution is 0.565. The van der Waals surface area contributed by atoms with E-state index in [4.69, 9.17) is 0 Å². The smallest absolute Gasteiger partial charge is 0.216 e. The first-order valence-electron chi connectivity index (χ1n) is 7.01. The molecule has 0 saturated carbocycles. The molecule has 0 aliphatic heterocycles. The van der Waals surface area contributed by atoms with Gasteiger partial charge in [-0.2, -0.15) is 0 Å². The first-order valence-corrected chi connectivity index (χ1v) is 10.6. The van der Waals surface area contributed by atoms with Crippen molar-refractivity contribution in [3.63, 3.8) is 0 Å². The summed E-state index contributed by atoms with van der Waals surface area (Å²) in [5.74, 6) is -0.0976. The van der Waals surface area contributed by atoms with Crippen LogP contribution in [0.1, 0.15) is 24.1 Å². The number of sulfonamides is 1. The fraction of sp³-hybridized carbons (Fsp3) is 0.250. The van der Waals surface area contributed by atoms with Gasteiger partial charge in [0.25, 0.3) is 0 Å². The number of hydrogen-bond acceptors (Lipinski definition) is 4. The normalized spacial score (nSPS) is 13.7. The van der Waals surface area contributed by atoms with Crippen molar-refractivity contribution >= 4 is 19.9 Å². The summed E-state index contributed by atoms with van der Waals surface area (Å²) in [7, 11) is -6.75. The highest BCUT2D eigenvalue weighted by atomic mass is 32.2. The minimum Gasteiger partial charge on any atom is -0.224 e. The second kappa shape index (κ2) is 6.82. The van der Waals surface area contributed by atoms with Crippen LogP contribution in [0.4, 0.5) is 0 Å². The van der Waals surface area contributed by atoms with Gasteiger partial charge in [0, 0.05) is 12.3 Å². The lowest BCUT2D eigenvalue weighted by Gasteiger charge is -2.15. The van der Waals surface area contributed by atoms with Crippen molar-refractivity contribution in [2.75, 3.05) is 6.26 Å². The van der Waals surface area contributed by atoms with Crippen LogP contribution in [0.25, 0.3) is 0 Å². The van der Waals surface area contributed by atoms with Crippen molar-refractivity contribution < 1.29 is 16.8 Å². The van der Waals surface area contributed by atoms with E-state index in [1.807, 2.05) is 6.07 Å². The van der Waals surface area contributed by atoms with Crippen LogP contribution in [0, 0.1) is 0 Å². The van der Waals surface area contributed by atoms with Crippen LogP contribution in [-0.2, 0) is 25.6 Å². The fourth-order valence-electron chi connectivity index (χ4n) is 2.18. The van der Waals surface area contributed by atoms with Crippen LogP contribution in [-0.4, -0.2) is 23.1 Å². The highest BCUT2D eigenvalue weighted by molar-refractivity contribution is 7.90. The van der Waals surface area contributed by atoms with Crippen molar-refractivity contribution in [2.45, 2.75) is 23.6 Å². The maximum absolute atomic E-state index is 12.2. The summed E-state index contributed by atoms with van der Waals surface area (Å²) in [5, 5.41) is 0. The van der Waals surface area contributed by atoms with Gasteiger partial charge in [0.15, 0.2) is 9.84 Å². The Morgan fingerprint density at radius 2 is 1.48 bits per heavy atom. The Bertz CT molecular complexity index is 858. The molecule has 0 amide bonds. The molecule has 0 fully saturated rings. The van der Waals surface area contributed by atoms with Crippen molar-refractivity contribution in [3.05, 3.63) is 65.7 Å². The van der Waals surface area contributed by atoms with Crippen LogP contribution >= 0.6 is 0 Å². The van der Waals surface area contributed by atoms with Crippen LogP contribution in [0.3, 0.4) is 0 Å². The minimum atomic E-state index is -3.49. The topological polar surface area (TPSA) is 80.3 Å². The third-order valence-corrected chi connectivity index (χ3v) is 5.92. The average Bonchev–Trinajstić information content (AvgIpc) is 2.46. The Kier molecular flexibility index (Phi) is 5.23. The molecule has 2 rings (SSSR count). The molecule has 0 heterocycles. The summed E-state index contributed by atoms with van der Waals surface area (Å²) in [6.07, 6.45) is 1.13. The lowest BCUT2D eigenvalue weighted by atomic mass is 10.1. The number of hydrogen-bond donors (Lipinski definition) is 1. The van der Waals surface area contributed by atoms with Crippen LogP contribution in [0.2, 0.25) is 0 Å². The zero-order valence-corrected chi connectivity index (χ0v) is 14.6. The van der Waals surface area contributed by atoms with Crippen molar-refractivity contribution in [1.82, 2.24) is 4.72 Å². The number of benzene rings is 2. The van der Waals surface area contributed by atoms with E-state index in [1.54, 1.807) is 43.3 Å². The summed E-state index contributed by atoms with van der Waals surface area (Å²) in [5.41, 5.74) is 1.41. The average molecular weight is 353 g/mol. The molecule has 0 saturated heterocycles. The summed E-state index contributed by atoms with van der Waals surface area (Å²) in [6, 6.07) is 14.7. The third kappa shape index (κ3) is 5.16. The molecule has 0 radical (unpaired) electrons. The molecule has 2 aromatic carbocycles. The summed E-state index contributed by atoms with van der Waals surface area (Å²) in [4.78, 5) is 0.209. The Balaban J connectivity index is 2.10. The summed E-state index contributed by atoms with van der Waals surface area (Å²) < 4.78 is 49.9. The summed E-state index contributed by atoms with van der Waals surface area (Å²) >= 11 is 0. The maximum Gasteiger partial charge on any atom is 0.216 e. The Hall–Kier alpha value is -1.70. The Labute approximate surface area is 137 Å². The fourth-order valence-corrected chi connectivity index (χ4v) is 4.20. The number of nitrogens with one attached hydrogen (secondary N) is 1. The van der Waals surface area contributed by atoms with Gasteiger partial charge in [-0.15, -0.1) is 0 Å². The van der Waals surface area contributed by atoms with E-state index in [-0.39, 0.29) is 10.6 Å². The van der Waals surface area contributed by atoms with E-state index in [2.05, 4.69) is 4.72 Å². The zero-order valence-electron chi connectivity index (χ0n) is 12.9. The Morgan fingerprint density at radius 1 is 0.913 bits per heavy atom. The van der Waals surface area contributed by atoms with Gasteiger partial charge >= 0.3 is 0 Å². The van der Waals surface area contributed by atoms with E-state index in [0.717, 1.165) is 6.26 Å². The molecule has 0 aliphatic rings. The van der Waals surface area contributed by atoms with Gasteiger partial charge in [0.05, 0.1) is 10.6 Å². The molecular formula is C16H19NO4S2. The monoisotopic (exact) mass is 353 g/mol. The van der Waals surface area contributed by atoms with E-state index in [1.165, 1.54) is 12.1 Å². The van der Waals surface area contributed by atoms with Crippen molar-refractivity contribution in [1.29, 1.82) is 0 Å². The van der Waals surface area contributed by atoms with Crippen molar-refractivity contribution in [3.8, 4) is 0 Å². The highest BCUT2D eigenvalue weighted by Gasteiger charge is 2.17. The molecule has 0 aliphatic carbocycles. The quantitative estimate of drug-likeness (QED) is 0.864. The molecule has 0 spiro atoms. The Morgan fingerprint density at radius 3 is 2.00 bits per heavy atom. The van der Waals surface area contributed by atoms with Gasteiger partial charge in [-0.25, -0.2) is 21.6 Å². The molecule has 0 bridgehead atoms. The maximum atomic E-state index is 12.2. The highest BCUT2D eigenvalue weighted by Crippen LogP contribution is 2.18. The largest absolute Gasteiger partial charge is 0.224 e. The molecule has 7 heteroatoms. The van der Waals surface area contributed by atoms with Crippen LogP contribution < -0.4 is 4.72 Å². The molecular weight excluding hydrogens is 334 g/mol. The SMILES string of the molecule is CC(NS(=O)(=O)Cc1ccccc1)c1ccc(S(C)(=O)=O)cc1. The van der Waals surface area contributed by atoms with Crippen LogP contribution in [0.5, 0.6) is 0 Å². The summed E-state index contributed by atoms with van der Waals surface area (Å²) in [6.45, 7) is 1.72.